The number of fused-ring (bicyclic) bond motifs is 2. The number of benzene rings is 2. The van der Waals surface area contributed by atoms with Crippen molar-refractivity contribution in [3.05, 3.63) is 80.6 Å². The molecule has 4 rings (SSSR count). The standard InChI is InChI=1S/C25H22BrNO4/c1-2-3-4-7-12-27-21-11-10-17(26)14-18(21)19(24(27)29)15-22(28)20-13-16-8-5-6-9-23(16)31-25(20)30/h5-6,8-11,13-15H,2-4,7,12H2,1H3/b19-15-. The van der Waals surface area contributed by atoms with Crippen LogP contribution in [0.4, 0.5) is 5.69 Å². The van der Waals surface area contributed by atoms with Gasteiger partial charge in [0.25, 0.3) is 5.91 Å². The molecule has 0 saturated carbocycles. The fraction of sp³-hybridized carbons (Fsp3) is 0.240. The van der Waals surface area contributed by atoms with E-state index >= 15 is 0 Å². The van der Waals surface area contributed by atoms with Crippen LogP contribution < -0.4 is 10.5 Å². The molecule has 3 aromatic rings. The molecule has 6 heteroatoms. The third-order valence-corrected chi connectivity index (χ3v) is 5.93. The molecule has 0 fully saturated rings. The Morgan fingerprint density at radius 3 is 2.68 bits per heavy atom. The first-order chi connectivity index (χ1) is 15.0. The Bertz CT molecular complexity index is 1260. The molecule has 0 bridgehead atoms. The van der Waals surface area contributed by atoms with Crippen LogP contribution in [0.1, 0.15) is 48.5 Å². The van der Waals surface area contributed by atoms with Gasteiger partial charge in [-0.1, -0.05) is 60.3 Å². The zero-order valence-electron chi connectivity index (χ0n) is 17.2. The molecule has 0 atom stereocenters. The summed E-state index contributed by atoms with van der Waals surface area (Å²) in [5, 5.41) is 0.655. The van der Waals surface area contributed by atoms with E-state index in [0.29, 0.717) is 28.7 Å². The van der Waals surface area contributed by atoms with Crippen LogP contribution in [-0.2, 0) is 4.79 Å². The van der Waals surface area contributed by atoms with Gasteiger partial charge < -0.3 is 9.32 Å². The Labute approximate surface area is 188 Å². The Hall–Kier alpha value is -2.99. The van der Waals surface area contributed by atoms with Gasteiger partial charge in [-0.2, -0.15) is 0 Å². The Morgan fingerprint density at radius 1 is 1.06 bits per heavy atom. The first-order valence-electron chi connectivity index (χ1n) is 10.4. The first kappa shape index (κ1) is 21.2. The molecule has 2 aromatic carbocycles. The van der Waals surface area contributed by atoms with Gasteiger partial charge in [-0.25, -0.2) is 4.79 Å². The number of anilines is 1. The number of carbonyl (C=O) groups is 2. The molecule has 158 valence electrons. The van der Waals surface area contributed by atoms with Crippen LogP contribution in [0.2, 0.25) is 0 Å². The van der Waals surface area contributed by atoms with Gasteiger partial charge in [0.1, 0.15) is 11.1 Å². The number of halogens is 1. The van der Waals surface area contributed by atoms with Crippen molar-refractivity contribution in [1.29, 1.82) is 0 Å². The minimum absolute atomic E-state index is 0.0862. The molecule has 2 heterocycles. The lowest BCUT2D eigenvalue weighted by Crippen LogP contribution is -2.27. The van der Waals surface area contributed by atoms with E-state index in [9.17, 15) is 14.4 Å². The highest BCUT2D eigenvalue weighted by atomic mass is 79.9. The highest BCUT2D eigenvalue weighted by Crippen LogP contribution is 2.38. The molecule has 1 aliphatic heterocycles. The van der Waals surface area contributed by atoms with E-state index in [-0.39, 0.29) is 11.5 Å². The van der Waals surface area contributed by atoms with E-state index in [1.807, 2.05) is 18.2 Å². The number of allylic oxidation sites excluding steroid dienone is 1. The Morgan fingerprint density at radius 2 is 1.87 bits per heavy atom. The second-order valence-corrected chi connectivity index (χ2v) is 8.50. The van der Waals surface area contributed by atoms with Crippen molar-refractivity contribution in [1.82, 2.24) is 0 Å². The molecule has 1 aliphatic rings. The van der Waals surface area contributed by atoms with E-state index in [4.69, 9.17) is 4.42 Å². The molecular formula is C25H22BrNO4. The highest BCUT2D eigenvalue weighted by molar-refractivity contribution is 9.10. The SMILES string of the molecule is CCCCCCN1C(=O)/C(=C\C(=O)c2cc3ccccc3oc2=O)c2cc(Br)ccc21. The summed E-state index contributed by atoms with van der Waals surface area (Å²) in [6.45, 7) is 2.74. The molecule has 5 nitrogen and oxygen atoms in total. The third-order valence-electron chi connectivity index (χ3n) is 5.43. The quantitative estimate of drug-likeness (QED) is 0.187. The summed E-state index contributed by atoms with van der Waals surface area (Å²) in [5.41, 5.74) is 1.39. The molecule has 0 aliphatic carbocycles. The summed E-state index contributed by atoms with van der Waals surface area (Å²) in [4.78, 5) is 40.3. The Kier molecular flexibility index (Phi) is 6.18. The van der Waals surface area contributed by atoms with Crippen LogP contribution in [-0.4, -0.2) is 18.2 Å². The summed E-state index contributed by atoms with van der Waals surface area (Å²) in [5.74, 6) is -0.760. The fourth-order valence-corrected chi connectivity index (χ4v) is 4.19. The zero-order chi connectivity index (χ0) is 22.0. The van der Waals surface area contributed by atoms with Crippen molar-refractivity contribution in [3.63, 3.8) is 0 Å². The van der Waals surface area contributed by atoms with E-state index in [1.54, 1.807) is 29.2 Å². The fourth-order valence-electron chi connectivity index (χ4n) is 3.83. The van der Waals surface area contributed by atoms with Crippen molar-refractivity contribution >= 4 is 49.9 Å². The molecule has 0 spiro atoms. The van der Waals surface area contributed by atoms with Gasteiger partial charge in [0.2, 0.25) is 0 Å². The van der Waals surface area contributed by atoms with Crippen LogP contribution in [0.25, 0.3) is 16.5 Å². The molecule has 31 heavy (non-hydrogen) atoms. The van der Waals surface area contributed by atoms with Crippen molar-refractivity contribution in [2.24, 2.45) is 0 Å². The van der Waals surface area contributed by atoms with Gasteiger partial charge in [-0.05, 0) is 42.8 Å². The summed E-state index contributed by atoms with van der Waals surface area (Å²) in [6, 6.07) is 14.1. The lowest BCUT2D eigenvalue weighted by Gasteiger charge is -2.16. The van der Waals surface area contributed by atoms with E-state index in [2.05, 4.69) is 22.9 Å². The van der Waals surface area contributed by atoms with Gasteiger partial charge in [-0.15, -0.1) is 0 Å². The number of unbranched alkanes of at least 4 members (excludes halogenated alkanes) is 3. The minimum atomic E-state index is -0.711. The lowest BCUT2D eigenvalue weighted by molar-refractivity contribution is -0.113. The first-order valence-corrected chi connectivity index (χ1v) is 11.2. The summed E-state index contributed by atoms with van der Waals surface area (Å²) in [6.07, 6.45) is 5.44. The van der Waals surface area contributed by atoms with Crippen molar-refractivity contribution < 1.29 is 14.0 Å². The number of amides is 1. The van der Waals surface area contributed by atoms with Crippen LogP contribution >= 0.6 is 15.9 Å². The van der Waals surface area contributed by atoms with E-state index < -0.39 is 11.4 Å². The molecule has 0 saturated heterocycles. The number of rotatable bonds is 7. The van der Waals surface area contributed by atoms with Gasteiger partial charge in [0, 0.05) is 22.0 Å². The van der Waals surface area contributed by atoms with Crippen molar-refractivity contribution in [2.45, 2.75) is 32.6 Å². The van der Waals surface area contributed by atoms with Gasteiger partial charge >= 0.3 is 5.63 Å². The average Bonchev–Trinajstić information content (AvgIpc) is 3.01. The smallest absolute Gasteiger partial charge is 0.347 e. The average molecular weight is 480 g/mol. The number of hydrogen-bond acceptors (Lipinski definition) is 4. The second kappa shape index (κ2) is 9.02. The number of carbonyl (C=O) groups excluding carboxylic acids is 2. The lowest BCUT2D eigenvalue weighted by atomic mass is 10.0. The summed E-state index contributed by atoms with van der Waals surface area (Å²) in [7, 11) is 0. The van der Waals surface area contributed by atoms with E-state index in [1.165, 1.54) is 12.1 Å². The molecule has 1 amide bonds. The predicted octanol–water partition coefficient (Wildman–Crippen LogP) is 5.75. The second-order valence-electron chi connectivity index (χ2n) is 7.59. The van der Waals surface area contributed by atoms with Crippen LogP contribution in [0.5, 0.6) is 0 Å². The van der Waals surface area contributed by atoms with Gasteiger partial charge in [-0.3, -0.25) is 9.59 Å². The maximum atomic E-state index is 13.2. The number of ketones is 1. The Balaban J connectivity index is 1.71. The third kappa shape index (κ3) is 4.26. The molecule has 0 radical (unpaired) electrons. The van der Waals surface area contributed by atoms with Gasteiger partial charge in [0.15, 0.2) is 5.78 Å². The topological polar surface area (TPSA) is 67.6 Å². The highest BCUT2D eigenvalue weighted by Gasteiger charge is 2.33. The van der Waals surface area contributed by atoms with Crippen molar-refractivity contribution in [3.8, 4) is 0 Å². The van der Waals surface area contributed by atoms with Crippen LogP contribution in [0.3, 0.4) is 0 Å². The van der Waals surface area contributed by atoms with Gasteiger partial charge in [0.05, 0.1) is 11.3 Å². The largest absolute Gasteiger partial charge is 0.422 e. The normalized spacial score (nSPS) is 14.5. The number of nitrogens with zero attached hydrogens (tertiary/aromatic N) is 1. The monoisotopic (exact) mass is 479 g/mol. The zero-order valence-corrected chi connectivity index (χ0v) is 18.8. The molecular weight excluding hydrogens is 458 g/mol. The maximum Gasteiger partial charge on any atom is 0.347 e. The maximum absolute atomic E-state index is 13.2. The predicted molar refractivity (Wildman–Crippen MR) is 125 cm³/mol. The van der Waals surface area contributed by atoms with E-state index in [0.717, 1.165) is 35.8 Å². The number of hydrogen-bond donors (Lipinski definition) is 0. The summed E-state index contributed by atoms with van der Waals surface area (Å²) < 4.78 is 6.10. The number of para-hydroxylation sites is 1. The molecule has 0 N–H and O–H groups in total. The van der Waals surface area contributed by atoms with Crippen LogP contribution in [0.15, 0.2) is 68.3 Å². The molecule has 1 aromatic heterocycles. The van der Waals surface area contributed by atoms with Crippen molar-refractivity contribution in [2.75, 3.05) is 11.4 Å². The summed E-state index contributed by atoms with van der Waals surface area (Å²) >= 11 is 3.45. The minimum Gasteiger partial charge on any atom is -0.422 e. The molecule has 0 unspecified atom stereocenters. The van der Waals surface area contributed by atoms with Crippen LogP contribution in [0, 0.1) is 0 Å².